The van der Waals surface area contributed by atoms with Crippen molar-refractivity contribution in [1.82, 2.24) is 24.8 Å². The van der Waals surface area contributed by atoms with E-state index < -0.39 is 0 Å². The van der Waals surface area contributed by atoms with Crippen LogP contribution in [0, 0.1) is 0 Å². The smallest absolute Gasteiger partial charge is 0.228 e. The molecule has 1 fully saturated rings. The minimum absolute atomic E-state index is 0.00613. The number of aryl methyl sites for hydroxylation is 1. The number of hydrogen-bond donors (Lipinski definition) is 1. The number of hydrogen-bond acceptors (Lipinski definition) is 6. The summed E-state index contributed by atoms with van der Waals surface area (Å²) in [5, 5.41) is 3.08. The summed E-state index contributed by atoms with van der Waals surface area (Å²) in [6.07, 6.45) is 12.0. The van der Waals surface area contributed by atoms with E-state index in [2.05, 4.69) is 37.4 Å². The second-order valence-electron chi connectivity index (χ2n) is 7.46. The summed E-state index contributed by atoms with van der Waals surface area (Å²) in [6.45, 7) is 0.783. The van der Waals surface area contributed by atoms with Gasteiger partial charge in [0.05, 0.1) is 17.9 Å². The predicted molar refractivity (Wildman–Crippen MR) is 115 cm³/mol. The quantitative estimate of drug-likeness (QED) is 0.641. The predicted octanol–water partition coefficient (Wildman–Crippen LogP) is 4.09. The van der Waals surface area contributed by atoms with Gasteiger partial charge >= 0.3 is 0 Å². The van der Waals surface area contributed by atoms with Crippen molar-refractivity contribution in [2.75, 3.05) is 11.9 Å². The van der Waals surface area contributed by atoms with Gasteiger partial charge in [0.25, 0.3) is 0 Å². The Bertz CT molecular complexity index is 950. The molecule has 1 aliphatic rings. The van der Waals surface area contributed by atoms with Crippen molar-refractivity contribution in [3.05, 3.63) is 72.4 Å². The standard InChI is InChI=1S/C23H26N6O/c30-22(11-6-9-18-7-2-1-3-8-18)29-16-5-4-10-20(29)19-12-13-26-23(27-19)28-21-17-24-14-15-25-21/h1-3,7-8,12-15,17,20H,4-6,9-11,16H2,(H,25,26,27,28)/t20-/m1/s1. The van der Waals surface area contributed by atoms with Crippen LogP contribution in [0.3, 0.4) is 0 Å². The summed E-state index contributed by atoms with van der Waals surface area (Å²) < 4.78 is 0. The normalized spacial score (nSPS) is 16.3. The van der Waals surface area contributed by atoms with E-state index >= 15 is 0 Å². The Morgan fingerprint density at radius 1 is 1.07 bits per heavy atom. The topological polar surface area (TPSA) is 83.9 Å². The molecule has 0 saturated carbocycles. The van der Waals surface area contributed by atoms with E-state index in [1.165, 1.54) is 5.56 Å². The average Bonchev–Trinajstić information content (AvgIpc) is 2.80. The van der Waals surface area contributed by atoms with Crippen LogP contribution in [0.25, 0.3) is 0 Å². The highest BCUT2D eigenvalue weighted by Gasteiger charge is 2.28. The van der Waals surface area contributed by atoms with Crippen molar-refractivity contribution in [2.45, 2.75) is 44.6 Å². The SMILES string of the molecule is O=C(CCCc1ccccc1)N1CCCC[C@@H]1c1ccnc(Nc2cnccn2)n1. The number of carbonyl (C=O) groups is 1. The first-order valence-electron chi connectivity index (χ1n) is 10.5. The first kappa shape index (κ1) is 19.9. The number of amides is 1. The molecular formula is C23H26N6O. The largest absolute Gasteiger partial charge is 0.334 e. The summed E-state index contributed by atoms with van der Waals surface area (Å²) >= 11 is 0. The van der Waals surface area contributed by atoms with Gasteiger partial charge in [-0.15, -0.1) is 0 Å². The highest BCUT2D eigenvalue weighted by Crippen LogP contribution is 2.31. The Balaban J connectivity index is 1.41. The maximum absolute atomic E-state index is 13.0. The van der Waals surface area contributed by atoms with Crippen molar-refractivity contribution < 1.29 is 4.79 Å². The molecular weight excluding hydrogens is 376 g/mol. The fourth-order valence-corrected chi connectivity index (χ4v) is 3.87. The first-order chi connectivity index (χ1) is 14.8. The number of likely N-dealkylation sites (tertiary alicyclic amines) is 1. The number of nitrogens with zero attached hydrogens (tertiary/aromatic N) is 5. The van der Waals surface area contributed by atoms with Gasteiger partial charge in [0.15, 0.2) is 5.82 Å². The summed E-state index contributed by atoms with van der Waals surface area (Å²) in [5.41, 5.74) is 2.14. The van der Waals surface area contributed by atoms with Crippen LogP contribution in [0.4, 0.5) is 11.8 Å². The summed E-state index contributed by atoms with van der Waals surface area (Å²) in [7, 11) is 0. The molecule has 154 valence electrons. The molecule has 7 nitrogen and oxygen atoms in total. The molecule has 3 aromatic rings. The zero-order valence-electron chi connectivity index (χ0n) is 16.9. The Morgan fingerprint density at radius 2 is 1.97 bits per heavy atom. The van der Waals surface area contributed by atoms with E-state index in [1.807, 2.05) is 29.2 Å². The third kappa shape index (κ3) is 5.17. The van der Waals surface area contributed by atoms with E-state index in [1.54, 1.807) is 24.8 Å². The highest BCUT2D eigenvalue weighted by atomic mass is 16.2. The summed E-state index contributed by atoms with van der Waals surface area (Å²) in [6, 6.07) is 12.2. The van der Waals surface area contributed by atoms with Crippen molar-refractivity contribution >= 4 is 17.7 Å². The van der Waals surface area contributed by atoms with Crippen molar-refractivity contribution in [3.8, 4) is 0 Å². The van der Waals surface area contributed by atoms with Crippen molar-refractivity contribution in [1.29, 1.82) is 0 Å². The monoisotopic (exact) mass is 402 g/mol. The molecule has 1 atom stereocenters. The highest BCUT2D eigenvalue weighted by molar-refractivity contribution is 5.76. The van der Waals surface area contributed by atoms with Crippen LogP contribution < -0.4 is 5.32 Å². The van der Waals surface area contributed by atoms with Crippen LogP contribution in [0.5, 0.6) is 0 Å². The van der Waals surface area contributed by atoms with Gasteiger partial charge in [-0.1, -0.05) is 30.3 Å². The van der Waals surface area contributed by atoms with Crippen LogP contribution in [-0.2, 0) is 11.2 Å². The number of anilines is 2. The summed E-state index contributed by atoms with van der Waals surface area (Å²) in [5.74, 6) is 1.26. The number of nitrogens with one attached hydrogen (secondary N) is 1. The molecule has 30 heavy (non-hydrogen) atoms. The number of carbonyl (C=O) groups excluding carboxylic acids is 1. The fourth-order valence-electron chi connectivity index (χ4n) is 3.87. The van der Waals surface area contributed by atoms with E-state index in [-0.39, 0.29) is 11.9 Å². The van der Waals surface area contributed by atoms with Crippen LogP contribution in [0.1, 0.15) is 49.4 Å². The number of rotatable bonds is 7. The van der Waals surface area contributed by atoms with Gasteiger partial charge in [0, 0.05) is 31.6 Å². The van der Waals surface area contributed by atoms with Gasteiger partial charge in [-0.05, 0) is 43.7 Å². The molecule has 7 heteroatoms. The van der Waals surface area contributed by atoms with Crippen LogP contribution in [0.15, 0.2) is 61.2 Å². The lowest BCUT2D eigenvalue weighted by Gasteiger charge is -2.35. The molecule has 1 aliphatic heterocycles. The second kappa shape index (κ2) is 9.91. The number of benzene rings is 1. The molecule has 0 spiro atoms. The third-order valence-electron chi connectivity index (χ3n) is 5.34. The Hall–Kier alpha value is -3.35. The Morgan fingerprint density at radius 3 is 2.80 bits per heavy atom. The molecule has 1 amide bonds. The van der Waals surface area contributed by atoms with Gasteiger partial charge in [-0.25, -0.2) is 15.0 Å². The molecule has 2 aromatic heterocycles. The molecule has 1 saturated heterocycles. The first-order valence-corrected chi connectivity index (χ1v) is 10.5. The van der Waals surface area contributed by atoms with Crippen LogP contribution in [0.2, 0.25) is 0 Å². The molecule has 1 aromatic carbocycles. The fraction of sp³-hybridized carbons (Fsp3) is 0.348. The van der Waals surface area contributed by atoms with Gasteiger partial charge in [-0.3, -0.25) is 9.78 Å². The number of aromatic nitrogens is 4. The number of piperidine rings is 1. The van der Waals surface area contributed by atoms with Gasteiger partial charge < -0.3 is 10.2 Å². The molecule has 0 aliphatic carbocycles. The van der Waals surface area contributed by atoms with Crippen molar-refractivity contribution in [3.63, 3.8) is 0 Å². The minimum Gasteiger partial charge on any atom is -0.334 e. The van der Waals surface area contributed by atoms with E-state index in [0.717, 1.165) is 44.3 Å². The van der Waals surface area contributed by atoms with Gasteiger partial charge in [0.2, 0.25) is 11.9 Å². The molecule has 1 N–H and O–H groups in total. The van der Waals surface area contributed by atoms with Crippen molar-refractivity contribution in [2.24, 2.45) is 0 Å². The van der Waals surface area contributed by atoms with E-state index in [9.17, 15) is 4.79 Å². The Labute approximate surface area is 176 Å². The summed E-state index contributed by atoms with van der Waals surface area (Å²) in [4.78, 5) is 32.2. The van der Waals surface area contributed by atoms with E-state index in [4.69, 9.17) is 0 Å². The maximum Gasteiger partial charge on any atom is 0.228 e. The zero-order chi connectivity index (χ0) is 20.6. The van der Waals surface area contributed by atoms with Crippen LogP contribution >= 0.6 is 0 Å². The molecule has 0 bridgehead atoms. The minimum atomic E-state index is -0.00613. The lowest BCUT2D eigenvalue weighted by atomic mass is 9.98. The van der Waals surface area contributed by atoms with Gasteiger partial charge in [0.1, 0.15) is 0 Å². The molecule has 4 rings (SSSR count). The average molecular weight is 403 g/mol. The van der Waals surface area contributed by atoms with Crippen LogP contribution in [-0.4, -0.2) is 37.3 Å². The van der Waals surface area contributed by atoms with E-state index in [0.29, 0.717) is 18.2 Å². The molecule has 0 unspecified atom stereocenters. The third-order valence-corrected chi connectivity index (χ3v) is 5.34. The second-order valence-corrected chi connectivity index (χ2v) is 7.46. The van der Waals surface area contributed by atoms with Gasteiger partial charge in [-0.2, -0.15) is 0 Å². The maximum atomic E-state index is 13.0. The zero-order valence-corrected chi connectivity index (χ0v) is 16.9. The molecule has 0 radical (unpaired) electrons. The Kier molecular flexibility index (Phi) is 6.59. The molecule has 3 heterocycles. The lowest BCUT2D eigenvalue weighted by Crippen LogP contribution is -2.38. The lowest BCUT2D eigenvalue weighted by molar-refractivity contribution is -0.135.